The van der Waals surface area contributed by atoms with Gasteiger partial charge in [-0.2, -0.15) is 0 Å². The highest BCUT2D eigenvalue weighted by atomic mass is 35.5. The molecule has 0 aliphatic heterocycles. The maximum atomic E-state index is 13.2. The molecule has 1 rings (SSSR count). The number of nitrogens with one attached hydrogen (secondary N) is 1. The number of rotatable bonds is 7. The summed E-state index contributed by atoms with van der Waals surface area (Å²) in [6.45, 7) is 9.67. The quantitative estimate of drug-likeness (QED) is 0.534. The summed E-state index contributed by atoms with van der Waals surface area (Å²) in [6.07, 6.45) is 0. The second kappa shape index (κ2) is 8.40. The fourth-order valence-electron chi connectivity index (χ4n) is 1.90. The van der Waals surface area contributed by atoms with Crippen LogP contribution in [0.15, 0.2) is 12.1 Å². The first-order valence-electron chi connectivity index (χ1n) is 7.89. The second-order valence-electron chi connectivity index (χ2n) is 7.20. The van der Waals surface area contributed by atoms with Crippen molar-refractivity contribution >= 4 is 25.8 Å². The number of benzene rings is 1. The molecule has 1 aromatic rings. The molecule has 0 saturated heterocycles. The van der Waals surface area contributed by atoms with E-state index in [9.17, 15) is 13.6 Å². The molecular formula is C17H26ClF2NO2Si. The van der Waals surface area contributed by atoms with Crippen molar-refractivity contribution in [1.29, 1.82) is 0 Å². The van der Waals surface area contributed by atoms with Gasteiger partial charge in [0.2, 0.25) is 0 Å². The highest BCUT2D eigenvalue weighted by Crippen LogP contribution is 2.36. The third kappa shape index (κ3) is 5.01. The first-order chi connectivity index (χ1) is 11.0. The van der Waals surface area contributed by atoms with Crippen LogP contribution in [0.4, 0.5) is 8.78 Å². The predicted molar refractivity (Wildman–Crippen MR) is 96.6 cm³/mol. The van der Waals surface area contributed by atoms with Gasteiger partial charge in [-0.3, -0.25) is 4.79 Å². The maximum absolute atomic E-state index is 13.2. The fourth-order valence-corrected chi connectivity index (χ4v) is 3.21. The van der Waals surface area contributed by atoms with Crippen LogP contribution in [0.2, 0.25) is 23.2 Å². The van der Waals surface area contributed by atoms with Crippen molar-refractivity contribution in [3.8, 4) is 0 Å². The van der Waals surface area contributed by atoms with Crippen molar-refractivity contribution in [2.75, 3.05) is 13.2 Å². The minimum Gasteiger partial charge on any atom is -0.415 e. The SMILES string of the molecule is CC(C)(C)[Si](C)(C)OCCNC(=O)c1ccc(CF)c(Cl)c1CF. The van der Waals surface area contributed by atoms with Crippen molar-refractivity contribution in [1.82, 2.24) is 5.32 Å². The van der Waals surface area contributed by atoms with Crippen molar-refractivity contribution in [2.45, 2.75) is 52.3 Å². The molecule has 0 aromatic heterocycles. The van der Waals surface area contributed by atoms with E-state index in [-0.39, 0.29) is 26.8 Å². The molecular weight excluding hydrogens is 352 g/mol. The number of hydrogen-bond acceptors (Lipinski definition) is 2. The van der Waals surface area contributed by atoms with Crippen LogP contribution in [0.25, 0.3) is 0 Å². The van der Waals surface area contributed by atoms with Crippen LogP contribution in [-0.4, -0.2) is 27.4 Å². The lowest BCUT2D eigenvalue weighted by Crippen LogP contribution is -2.42. The number of carbonyl (C=O) groups excluding carboxylic acids is 1. The number of amides is 1. The van der Waals surface area contributed by atoms with Crippen LogP contribution in [0.1, 0.15) is 42.3 Å². The van der Waals surface area contributed by atoms with E-state index in [1.807, 2.05) is 0 Å². The third-order valence-electron chi connectivity index (χ3n) is 4.50. The molecule has 0 aliphatic rings. The molecule has 0 heterocycles. The largest absolute Gasteiger partial charge is 0.415 e. The van der Waals surface area contributed by atoms with E-state index < -0.39 is 27.6 Å². The minimum absolute atomic E-state index is 0.0228. The Morgan fingerprint density at radius 1 is 1.25 bits per heavy atom. The molecule has 1 N–H and O–H groups in total. The summed E-state index contributed by atoms with van der Waals surface area (Å²) in [5.41, 5.74) is 0.337. The van der Waals surface area contributed by atoms with Gasteiger partial charge in [0.15, 0.2) is 8.32 Å². The summed E-state index contributed by atoms with van der Waals surface area (Å²) in [5, 5.41) is 2.77. The topological polar surface area (TPSA) is 38.3 Å². The van der Waals surface area contributed by atoms with Crippen LogP contribution >= 0.6 is 11.6 Å². The zero-order valence-electron chi connectivity index (χ0n) is 14.9. The Morgan fingerprint density at radius 2 is 1.88 bits per heavy atom. The normalized spacial score (nSPS) is 12.3. The maximum Gasteiger partial charge on any atom is 0.251 e. The zero-order valence-corrected chi connectivity index (χ0v) is 16.7. The predicted octanol–water partition coefficient (Wildman–Crippen LogP) is 5.03. The van der Waals surface area contributed by atoms with Gasteiger partial charge in [-0.25, -0.2) is 8.78 Å². The van der Waals surface area contributed by atoms with Gasteiger partial charge < -0.3 is 9.74 Å². The summed E-state index contributed by atoms with van der Waals surface area (Å²) in [7, 11) is -1.87. The highest BCUT2D eigenvalue weighted by molar-refractivity contribution is 6.74. The summed E-state index contributed by atoms with van der Waals surface area (Å²) < 4.78 is 31.9. The monoisotopic (exact) mass is 377 g/mol. The minimum atomic E-state index is -1.87. The molecule has 1 aromatic carbocycles. The first-order valence-corrected chi connectivity index (χ1v) is 11.2. The fraction of sp³-hybridized carbons (Fsp3) is 0.588. The zero-order chi connectivity index (χ0) is 18.5. The summed E-state index contributed by atoms with van der Waals surface area (Å²) >= 11 is 5.95. The van der Waals surface area contributed by atoms with Crippen molar-refractivity contribution in [3.05, 3.63) is 33.8 Å². The van der Waals surface area contributed by atoms with E-state index in [1.54, 1.807) is 0 Å². The third-order valence-corrected chi connectivity index (χ3v) is 9.51. The lowest BCUT2D eigenvalue weighted by molar-refractivity contribution is 0.0944. The van der Waals surface area contributed by atoms with E-state index in [0.29, 0.717) is 13.2 Å². The summed E-state index contributed by atoms with van der Waals surface area (Å²) in [4.78, 5) is 12.2. The van der Waals surface area contributed by atoms with Gasteiger partial charge in [0, 0.05) is 23.2 Å². The van der Waals surface area contributed by atoms with E-state index in [1.165, 1.54) is 12.1 Å². The molecule has 0 saturated carbocycles. The molecule has 0 bridgehead atoms. The van der Waals surface area contributed by atoms with Gasteiger partial charge in [0.05, 0.1) is 11.6 Å². The first kappa shape index (κ1) is 21.1. The molecule has 0 unspecified atom stereocenters. The average molecular weight is 378 g/mol. The number of carbonyl (C=O) groups is 1. The second-order valence-corrected chi connectivity index (χ2v) is 12.4. The molecule has 0 atom stereocenters. The van der Waals surface area contributed by atoms with Crippen molar-refractivity contribution in [2.24, 2.45) is 0 Å². The van der Waals surface area contributed by atoms with E-state index in [0.717, 1.165) is 0 Å². The molecule has 7 heteroatoms. The van der Waals surface area contributed by atoms with E-state index in [2.05, 4.69) is 39.2 Å². The van der Waals surface area contributed by atoms with Gasteiger partial charge in [-0.15, -0.1) is 0 Å². The lowest BCUT2D eigenvalue weighted by atomic mass is 10.0. The molecule has 136 valence electrons. The van der Waals surface area contributed by atoms with Crippen LogP contribution in [0.5, 0.6) is 0 Å². The Hall–Kier alpha value is -0.983. The summed E-state index contributed by atoms with van der Waals surface area (Å²) in [6, 6.07) is 2.81. The lowest BCUT2D eigenvalue weighted by Gasteiger charge is -2.36. The Bertz CT molecular complexity index is 589. The Balaban J connectivity index is 2.69. The van der Waals surface area contributed by atoms with E-state index in [4.69, 9.17) is 16.0 Å². The van der Waals surface area contributed by atoms with Gasteiger partial charge in [0.25, 0.3) is 5.91 Å². The Labute approximate surface area is 148 Å². The average Bonchev–Trinajstić information content (AvgIpc) is 2.49. The number of alkyl halides is 2. The van der Waals surface area contributed by atoms with Crippen LogP contribution in [-0.2, 0) is 17.8 Å². The van der Waals surface area contributed by atoms with Crippen molar-refractivity contribution in [3.63, 3.8) is 0 Å². The van der Waals surface area contributed by atoms with Gasteiger partial charge in [-0.05, 0) is 24.2 Å². The Kier molecular flexibility index (Phi) is 7.37. The summed E-state index contributed by atoms with van der Waals surface area (Å²) in [5.74, 6) is -0.436. The van der Waals surface area contributed by atoms with E-state index >= 15 is 0 Å². The van der Waals surface area contributed by atoms with Crippen molar-refractivity contribution < 1.29 is 18.0 Å². The highest BCUT2D eigenvalue weighted by Gasteiger charge is 2.36. The molecule has 0 radical (unpaired) electrons. The van der Waals surface area contributed by atoms with Gasteiger partial charge in [-0.1, -0.05) is 38.4 Å². The molecule has 24 heavy (non-hydrogen) atoms. The molecule has 3 nitrogen and oxygen atoms in total. The number of halogens is 3. The van der Waals surface area contributed by atoms with Crippen LogP contribution in [0, 0.1) is 0 Å². The molecule has 0 spiro atoms. The molecule has 0 fully saturated rings. The van der Waals surface area contributed by atoms with Gasteiger partial charge >= 0.3 is 0 Å². The number of hydrogen-bond donors (Lipinski definition) is 1. The molecule has 1 amide bonds. The van der Waals surface area contributed by atoms with Crippen LogP contribution in [0.3, 0.4) is 0 Å². The Morgan fingerprint density at radius 3 is 2.38 bits per heavy atom. The van der Waals surface area contributed by atoms with Gasteiger partial charge in [0.1, 0.15) is 13.3 Å². The molecule has 0 aliphatic carbocycles. The van der Waals surface area contributed by atoms with Crippen LogP contribution < -0.4 is 5.32 Å². The standard InChI is InChI=1S/C17H26ClF2NO2Si/c1-17(2,3)24(4,5)23-9-8-21-16(22)13-7-6-12(10-19)15(18)14(13)11-20/h6-7H,8-11H2,1-5H3,(H,21,22). The smallest absolute Gasteiger partial charge is 0.251 e.